The van der Waals surface area contributed by atoms with E-state index in [2.05, 4.69) is 16.0 Å². The molecule has 122 valence electrons. The van der Waals surface area contributed by atoms with Gasteiger partial charge in [0.1, 0.15) is 5.75 Å². The van der Waals surface area contributed by atoms with E-state index < -0.39 is 0 Å². The standard InChI is InChI=1S/C19H20N4O/c1-24-19-5-3-2-4-16(19)10-11-23(13-20)17-8-6-15(7-9-17)18-12-21-14-22-18/h2-9,12-14,20H,10-11H2,1H3,(H,21,22). The van der Waals surface area contributed by atoms with Crippen molar-refractivity contribution in [1.82, 2.24) is 9.97 Å². The van der Waals surface area contributed by atoms with Gasteiger partial charge in [-0.05, 0) is 35.7 Å². The lowest BCUT2D eigenvalue weighted by molar-refractivity contribution is 0.410. The van der Waals surface area contributed by atoms with E-state index in [1.54, 1.807) is 19.6 Å². The van der Waals surface area contributed by atoms with E-state index >= 15 is 0 Å². The molecule has 0 amide bonds. The van der Waals surface area contributed by atoms with Gasteiger partial charge in [0.05, 0.1) is 31.7 Å². The first-order valence-electron chi connectivity index (χ1n) is 7.80. The molecule has 0 saturated heterocycles. The molecule has 2 N–H and O–H groups in total. The van der Waals surface area contributed by atoms with Crippen LogP contribution in [0.2, 0.25) is 0 Å². The van der Waals surface area contributed by atoms with Crippen molar-refractivity contribution in [2.75, 3.05) is 18.6 Å². The molecule has 0 aliphatic heterocycles. The van der Waals surface area contributed by atoms with Gasteiger partial charge in [0.15, 0.2) is 0 Å². The van der Waals surface area contributed by atoms with Crippen LogP contribution in [0.1, 0.15) is 5.56 Å². The molecule has 2 aromatic carbocycles. The van der Waals surface area contributed by atoms with Gasteiger partial charge in [-0.25, -0.2) is 4.98 Å². The molecule has 0 unspecified atom stereocenters. The third-order valence-corrected chi connectivity index (χ3v) is 3.98. The fourth-order valence-corrected chi connectivity index (χ4v) is 2.66. The second kappa shape index (κ2) is 7.46. The van der Waals surface area contributed by atoms with E-state index in [4.69, 9.17) is 10.1 Å². The van der Waals surface area contributed by atoms with Gasteiger partial charge in [0.2, 0.25) is 0 Å². The van der Waals surface area contributed by atoms with Gasteiger partial charge in [0, 0.05) is 12.2 Å². The fourth-order valence-electron chi connectivity index (χ4n) is 2.66. The van der Waals surface area contributed by atoms with Gasteiger partial charge >= 0.3 is 0 Å². The number of hydrogen-bond donors (Lipinski definition) is 2. The molecule has 24 heavy (non-hydrogen) atoms. The van der Waals surface area contributed by atoms with Crippen LogP contribution in [0.25, 0.3) is 11.3 Å². The second-order valence-corrected chi connectivity index (χ2v) is 5.40. The maximum atomic E-state index is 7.71. The van der Waals surface area contributed by atoms with E-state index in [1.807, 2.05) is 47.4 Å². The summed E-state index contributed by atoms with van der Waals surface area (Å²) in [5.74, 6) is 0.886. The van der Waals surface area contributed by atoms with Crippen LogP contribution in [-0.2, 0) is 6.42 Å². The number of rotatable bonds is 7. The van der Waals surface area contributed by atoms with Crippen LogP contribution in [0, 0.1) is 5.41 Å². The SMILES string of the molecule is COc1ccccc1CCN(C=N)c1ccc(-c2cnc[nH]2)cc1. The molecule has 0 bridgehead atoms. The van der Waals surface area contributed by atoms with E-state index in [-0.39, 0.29) is 0 Å². The Morgan fingerprint density at radius 3 is 2.62 bits per heavy atom. The van der Waals surface area contributed by atoms with Crippen LogP contribution in [0.3, 0.4) is 0 Å². The fraction of sp³-hybridized carbons (Fsp3) is 0.158. The molecule has 3 rings (SSSR count). The van der Waals surface area contributed by atoms with Gasteiger partial charge < -0.3 is 14.6 Å². The Hall–Kier alpha value is -3.08. The van der Waals surface area contributed by atoms with Crippen molar-refractivity contribution in [3.63, 3.8) is 0 Å². The smallest absolute Gasteiger partial charge is 0.122 e. The second-order valence-electron chi connectivity index (χ2n) is 5.40. The number of imidazole rings is 1. The van der Waals surface area contributed by atoms with Crippen molar-refractivity contribution >= 4 is 12.0 Å². The highest BCUT2D eigenvalue weighted by atomic mass is 16.5. The summed E-state index contributed by atoms with van der Waals surface area (Å²) < 4.78 is 5.39. The number of aromatic nitrogens is 2. The molecule has 5 nitrogen and oxygen atoms in total. The Kier molecular flexibility index (Phi) is 4.91. The van der Waals surface area contributed by atoms with Crippen molar-refractivity contribution < 1.29 is 4.74 Å². The summed E-state index contributed by atoms with van der Waals surface area (Å²) in [5.41, 5.74) is 4.19. The maximum absolute atomic E-state index is 7.71. The summed E-state index contributed by atoms with van der Waals surface area (Å²) in [7, 11) is 1.68. The summed E-state index contributed by atoms with van der Waals surface area (Å²) in [4.78, 5) is 9.05. The third kappa shape index (κ3) is 3.46. The molecule has 0 aliphatic carbocycles. The summed E-state index contributed by atoms with van der Waals surface area (Å²) in [6.07, 6.45) is 5.63. The molecule has 0 fully saturated rings. The lowest BCUT2D eigenvalue weighted by Gasteiger charge is -2.20. The first-order valence-corrected chi connectivity index (χ1v) is 7.80. The minimum Gasteiger partial charge on any atom is -0.496 e. The van der Waals surface area contributed by atoms with E-state index in [9.17, 15) is 0 Å². The van der Waals surface area contributed by atoms with Gasteiger partial charge in [-0.1, -0.05) is 30.3 Å². The third-order valence-electron chi connectivity index (χ3n) is 3.98. The van der Waals surface area contributed by atoms with Crippen LogP contribution in [0.15, 0.2) is 61.1 Å². The predicted octanol–water partition coefficient (Wildman–Crippen LogP) is 3.74. The summed E-state index contributed by atoms with van der Waals surface area (Å²) >= 11 is 0. The number of ether oxygens (including phenoxy) is 1. The first kappa shape index (κ1) is 15.8. The van der Waals surface area contributed by atoms with Gasteiger partial charge in [-0.3, -0.25) is 5.41 Å². The first-order chi connectivity index (χ1) is 11.8. The minimum atomic E-state index is 0.716. The molecule has 0 atom stereocenters. The Morgan fingerprint density at radius 1 is 1.17 bits per heavy atom. The monoisotopic (exact) mass is 320 g/mol. The van der Waals surface area contributed by atoms with Crippen molar-refractivity contribution in [3.05, 3.63) is 66.6 Å². The molecule has 1 aromatic heterocycles. The highest BCUT2D eigenvalue weighted by Gasteiger charge is 2.08. The maximum Gasteiger partial charge on any atom is 0.122 e. The number of nitrogens with zero attached hydrogens (tertiary/aromatic N) is 2. The zero-order chi connectivity index (χ0) is 16.8. The van der Waals surface area contributed by atoms with Crippen molar-refractivity contribution in [3.8, 4) is 17.0 Å². The highest BCUT2D eigenvalue weighted by Crippen LogP contribution is 2.22. The Labute approximate surface area is 141 Å². The number of hydrogen-bond acceptors (Lipinski definition) is 3. The normalized spacial score (nSPS) is 10.4. The minimum absolute atomic E-state index is 0.716. The lowest BCUT2D eigenvalue weighted by atomic mass is 10.1. The number of H-pyrrole nitrogens is 1. The van der Waals surface area contributed by atoms with Gasteiger partial charge in [-0.15, -0.1) is 0 Å². The molecule has 3 aromatic rings. The molecule has 0 saturated carbocycles. The van der Waals surface area contributed by atoms with Crippen LogP contribution < -0.4 is 9.64 Å². The van der Waals surface area contributed by atoms with Crippen LogP contribution in [0.4, 0.5) is 5.69 Å². The number of para-hydroxylation sites is 1. The van der Waals surface area contributed by atoms with Gasteiger partial charge in [0.25, 0.3) is 0 Å². The van der Waals surface area contributed by atoms with Gasteiger partial charge in [-0.2, -0.15) is 0 Å². The van der Waals surface area contributed by atoms with Crippen molar-refractivity contribution in [2.45, 2.75) is 6.42 Å². The van der Waals surface area contributed by atoms with Crippen LogP contribution >= 0.6 is 0 Å². The van der Waals surface area contributed by atoms with Crippen molar-refractivity contribution in [1.29, 1.82) is 5.41 Å². The largest absolute Gasteiger partial charge is 0.496 e. The number of nitrogens with one attached hydrogen (secondary N) is 2. The predicted molar refractivity (Wildman–Crippen MR) is 96.9 cm³/mol. The quantitative estimate of drug-likeness (QED) is 0.515. The molecular formula is C19H20N4O. The zero-order valence-corrected chi connectivity index (χ0v) is 13.6. The summed E-state index contributed by atoms with van der Waals surface area (Å²) in [6.45, 7) is 0.716. The number of aromatic amines is 1. The topological polar surface area (TPSA) is 65.0 Å². The summed E-state index contributed by atoms with van der Waals surface area (Å²) in [6, 6.07) is 16.1. The lowest BCUT2D eigenvalue weighted by Crippen LogP contribution is -2.23. The Bertz CT molecular complexity index is 781. The van der Waals surface area contributed by atoms with E-state index in [0.29, 0.717) is 6.54 Å². The van der Waals surface area contributed by atoms with E-state index in [0.717, 1.165) is 34.7 Å². The van der Waals surface area contributed by atoms with Crippen molar-refractivity contribution in [2.24, 2.45) is 0 Å². The number of anilines is 1. The number of methoxy groups -OCH3 is 1. The average Bonchev–Trinajstić information content (AvgIpc) is 3.18. The average molecular weight is 320 g/mol. The highest BCUT2D eigenvalue weighted by molar-refractivity contribution is 5.78. The Balaban J connectivity index is 1.71. The van der Waals surface area contributed by atoms with Crippen LogP contribution in [0.5, 0.6) is 5.75 Å². The zero-order valence-electron chi connectivity index (χ0n) is 13.6. The molecule has 5 heteroatoms. The molecule has 0 aliphatic rings. The molecule has 0 radical (unpaired) electrons. The molecular weight excluding hydrogens is 300 g/mol. The van der Waals surface area contributed by atoms with Crippen LogP contribution in [-0.4, -0.2) is 30.0 Å². The molecule has 1 heterocycles. The molecule has 0 spiro atoms. The Morgan fingerprint density at radius 2 is 1.96 bits per heavy atom. The summed E-state index contributed by atoms with van der Waals surface area (Å²) in [5, 5.41) is 7.71. The van der Waals surface area contributed by atoms with E-state index in [1.165, 1.54) is 6.34 Å². The number of benzene rings is 2.